The number of fused-ring (bicyclic) bond motifs is 1. The monoisotopic (exact) mass is 273 g/mol. The largest absolute Gasteiger partial charge is 0.316 e. The van der Waals surface area contributed by atoms with Crippen LogP contribution in [0.5, 0.6) is 0 Å². The Kier molecular flexibility index (Phi) is 3.27. The summed E-state index contributed by atoms with van der Waals surface area (Å²) in [5.74, 6) is 1.04. The number of hydrogen-bond donors (Lipinski definition) is 1. The molecule has 0 aromatic heterocycles. The molecular weight excluding hydrogens is 253 g/mol. The molecule has 2 unspecified atom stereocenters. The van der Waals surface area contributed by atoms with Gasteiger partial charge in [-0.1, -0.05) is 0 Å². The van der Waals surface area contributed by atoms with Crippen LogP contribution < -0.4 is 5.32 Å². The zero-order chi connectivity index (χ0) is 14.3. The third-order valence-electron chi connectivity index (χ3n) is 5.07. The number of benzene rings is 1. The fraction of sp³-hybridized carbons (Fsp3) is 0.562. The Morgan fingerprint density at radius 3 is 2.95 bits per heavy atom. The van der Waals surface area contributed by atoms with Crippen molar-refractivity contribution >= 4 is 0 Å². The molecule has 106 valence electrons. The highest BCUT2D eigenvalue weighted by Gasteiger charge is 2.49. The van der Waals surface area contributed by atoms with Crippen molar-refractivity contribution in [3.05, 3.63) is 35.1 Å². The lowest BCUT2D eigenvalue weighted by molar-refractivity contribution is 0.132. The normalized spacial score (nSPS) is 28.3. The maximum absolute atomic E-state index is 13.4. The smallest absolute Gasteiger partial charge is 0.123 e. The molecule has 1 N–H and O–H groups in total. The number of hydrogen-bond acceptors (Lipinski definition) is 3. The Bertz CT molecular complexity index is 561. The maximum atomic E-state index is 13.4. The lowest BCUT2D eigenvalue weighted by Gasteiger charge is -2.35. The van der Waals surface area contributed by atoms with Gasteiger partial charge in [-0.05, 0) is 56.0 Å². The summed E-state index contributed by atoms with van der Waals surface area (Å²) in [5.41, 5.74) is 1.47. The zero-order valence-electron chi connectivity index (χ0n) is 12.0. The molecule has 0 radical (unpaired) electrons. The number of likely N-dealkylation sites (tertiary alicyclic amines) is 1. The molecule has 20 heavy (non-hydrogen) atoms. The van der Waals surface area contributed by atoms with Gasteiger partial charge in [0.15, 0.2) is 0 Å². The molecular formula is C16H20FN3. The standard InChI is InChI=1S/C16H20FN3/c1-16(2)15-8-19-7-13(15)10-20(16)9-12-5-14(17)4-3-11(12)6-18/h3-5,13,15,19H,7-10H2,1-2H3. The summed E-state index contributed by atoms with van der Waals surface area (Å²) in [7, 11) is 0. The fourth-order valence-electron chi connectivity index (χ4n) is 3.78. The van der Waals surface area contributed by atoms with Crippen molar-refractivity contribution < 1.29 is 4.39 Å². The van der Waals surface area contributed by atoms with Gasteiger partial charge in [0.25, 0.3) is 0 Å². The minimum Gasteiger partial charge on any atom is -0.316 e. The van der Waals surface area contributed by atoms with Crippen LogP contribution in [0.25, 0.3) is 0 Å². The topological polar surface area (TPSA) is 39.1 Å². The van der Waals surface area contributed by atoms with Gasteiger partial charge in [-0.15, -0.1) is 0 Å². The van der Waals surface area contributed by atoms with E-state index in [9.17, 15) is 9.65 Å². The molecule has 3 nitrogen and oxygen atoms in total. The van der Waals surface area contributed by atoms with Gasteiger partial charge in [-0.25, -0.2) is 4.39 Å². The van der Waals surface area contributed by atoms with E-state index in [1.54, 1.807) is 6.07 Å². The number of rotatable bonds is 2. The molecule has 2 fully saturated rings. The predicted octanol–water partition coefficient (Wildman–Crippen LogP) is 2.13. The summed E-state index contributed by atoms with van der Waals surface area (Å²) in [6.45, 7) is 8.32. The summed E-state index contributed by atoms with van der Waals surface area (Å²) in [6, 6.07) is 6.61. The van der Waals surface area contributed by atoms with Crippen LogP contribution in [0, 0.1) is 29.0 Å². The van der Waals surface area contributed by atoms with E-state index in [4.69, 9.17) is 0 Å². The van der Waals surface area contributed by atoms with Crippen molar-refractivity contribution in [1.29, 1.82) is 5.26 Å². The molecule has 3 rings (SSSR count). The first kappa shape index (κ1) is 13.5. The minimum absolute atomic E-state index is 0.0905. The van der Waals surface area contributed by atoms with Gasteiger partial charge >= 0.3 is 0 Å². The van der Waals surface area contributed by atoms with Crippen molar-refractivity contribution in [2.45, 2.75) is 25.9 Å². The van der Waals surface area contributed by atoms with Crippen molar-refractivity contribution in [3.63, 3.8) is 0 Å². The molecule has 0 amide bonds. The molecule has 2 saturated heterocycles. The van der Waals surface area contributed by atoms with Crippen molar-refractivity contribution in [2.24, 2.45) is 11.8 Å². The molecule has 0 saturated carbocycles. The highest BCUT2D eigenvalue weighted by Crippen LogP contribution is 2.41. The van der Waals surface area contributed by atoms with Gasteiger partial charge in [0.05, 0.1) is 11.6 Å². The second kappa shape index (κ2) is 4.83. The van der Waals surface area contributed by atoms with E-state index in [1.165, 1.54) is 12.1 Å². The highest BCUT2D eigenvalue weighted by molar-refractivity contribution is 5.38. The average molecular weight is 273 g/mol. The van der Waals surface area contributed by atoms with Gasteiger partial charge in [0, 0.05) is 25.2 Å². The zero-order valence-corrected chi connectivity index (χ0v) is 12.0. The van der Waals surface area contributed by atoms with E-state index in [2.05, 4.69) is 30.1 Å². The Morgan fingerprint density at radius 2 is 2.25 bits per heavy atom. The fourth-order valence-corrected chi connectivity index (χ4v) is 3.78. The summed E-state index contributed by atoms with van der Waals surface area (Å²) < 4.78 is 13.4. The van der Waals surface area contributed by atoms with Gasteiger partial charge in [0.2, 0.25) is 0 Å². The highest BCUT2D eigenvalue weighted by atomic mass is 19.1. The van der Waals surface area contributed by atoms with Crippen LogP contribution in [0.15, 0.2) is 18.2 Å². The summed E-state index contributed by atoms with van der Waals surface area (Å²) >= 11 is 0. The lowest BCUT2D eigenvalue weighted by Crippen LogP contribution is -2.44. The number of halogens is 1. The Balaban J connectivity index is 1.85. The van der Waals surface area contributed by atoms with Crippen LogP contribution in [0.1, 0.15) is 25.0 Å². The molecule has 1 aromatic rings. The summed E-state index contributed by atoms with van der Waals surface area (Å²) in [5, 5.41) is 12.6. The van der Waals surface area contributed by atoms with Gasteiger partial charge in [-0.3, -0.25) is 4.90 Å². The molecule has 2 atom stereocenters. The van der Waals surface area contributed by atoms with E-state index in [0.29, 0.717) is 23.9 Å². The molecule has 2 aliphatic rings. The van der Waals surface area contributed by atoms with Crippen molar-refractivity contribution in [2.75, 3.05) is 19.6 Å². The van der Waals surface area contributed by atoms with E-state index in [-0.39, 0.29) is 11.4 Å². The molecule has 0 spiro atoms. The van der Waals surface area contributed by atoms with Crippen LogP contribution >= 0.6 is 0 Å². The minimum atomic E-state index is -0.266. The van der Waals surface area contributed by atoms with Crippen LogP contribution in [0.4, 0.5) is 4.39 Å². The van der Waals surface area contributed by atoms with E-state index >= 15 is 0 Å². The van der Waals surface area contributed by atoms with Crippen LogP contribution in [-0.4, -0.2) is 30.1 Å². The summed E-state index contributed by atoms with van der Waals surface area (Å²) in [4.78, 5) is 2.40. The van der Waals surface area contributed by atoms with Gasteiger partial charge in [0.1, 0.15) is 5.82 Å². The third kappa shape index (κ3) is 2.11. The molecule has 0 bridgehead atoms. The lowest BCUT2D eigenvalue weighted by atomic mass is 9.84. The third-order valence-corrected chi connectivity index (χ3v) is 5.07. The summed E-state index contributed by atoms with van der Waals surface area (Å²) in [6.07, 6.45) is 0. The van der Waals surface area contributed by atoms with E-state index < -0.39 is 0 Å². The first-order chi connectivity index (χ1) is 9.52. The van der Waals surface area contributed by atoms with E-state index in [0.717, 1.165) is 25.2 Å². The maximum Gasteiger partial charge on any atom is 0.123 e. The number of nitriles is 1. The van der Waals surface area contributed by atoms with Crippen molar-refractivity contribution in [1.82, 2.24) is 10.2 Å². The molecule has 4 heteroatoms. The second-order valence-corrected chi connectivity index (χ2v) is 6.47. The Labute approximate surface area is 119 Å². The van der Waals surface area contributed by atoms with Gasteiger partial charge < -0.3 is 5.32 Å². The SMILES string of the molecule is CC1(C)C2CNCC2CN1Cc1cc(F)ccc1C#N. The molecule has 1 aromatic carbocycles. The van der Waals surface area contributed by atoms with Crippen LogP contribution in [0.3, 0.4) is 0 Å². The van der Waals surface area contributed by atoms with E-state index in [1.807, 2.05) is 0 Å². The first-order valence-electron chi connectivity index (χ1n) is 7.16. The number of nitrogens with one attached hydrogen (secondary N) is 1. The average Bonchev–Trinajstić information content (AvgIpc) is 2.94. The molecule has 2 heterocycles. The van der Waals surface area contributed by atoms with Gasteiger partial charge in [-0.2, -0.15) is 5.26 Å². The number of nitrogens with zero attached hydrogens (tertiary/aromatic N) is 2. The Hall–Kier alpha value is -1.44. The second-order valence-electron chi connectivity index (χ2n) is 6.47. The first-order valence-corrected chi connectivity index (χ1v) is 7.16. The van der Waals surface area contributed by atoms with Crippen molar-refractivity contribution in [3.8, 4) is 6.07 Å². The van der Waals surface area contributed by atoms with Crippen LogP contribution in [-0.2, 0) is 6.54 Å². The quantitative estimate of drug-likeness (QED) is 0.897. The molecule has 0 aliphatic carbocycles. The molecule has 2 aliphatic heterocycles. The Morgan fingerprint density at radius 1 is 1.45 bits per heavy atom. The predicted molar refractivity (Wildman–Crippen MR) is 75.5 cm³/mol. The van der Waals surface area contributed by atoms with Crippen LogP contribution in [0.2, 0.25) is 0 Å².